The zero-order chi connectivity index (χ0) is 18.8. The summed E-state index contributed by atoms with van der Waals surface area (Å²) >= 11 is 0. The Labute approximate surface area is 159 Å². The molecule has 1 heterocycles. The zero-order valence-corrected chi connectivity index (χ0v) is 15.5. The first kappa shape index (κ1) is 17.6. The number of amides is 2. The minimum atomic E-state index is -0.520. The molecule has 1 unspecified atom stereocenters. The lowest BCUT2D eigenvalue weighted by Crippen LogP contribution is -2.34. The zero-order valence-electron chi connectivity index (χ0n) is 15.5. The van der Waals surface area contributed by atoms with Crippen LogP contribution < -0.4 is 15.0 Å². The number of nitrogens with one attached hydrogen (secondary N) is 1. The van der Waals surface area contributed by atoms with Crippen molar-refractivity contribution in [1.82, 2.24) is 0 Å². The van der Waals surface area contributed by atoms with Crippen molar-refractivity contribution in [3.63, 3.8) is 0 Å². The van der Waals surface area contributed by atoms with Gasteiger partial charge in [-0.05, 0) is 73.2 Å². The Kier molecular flexibility index (Phi) is 4.84. The highest BCUT2D eigenvalue weighted by molar-refractivity contribution is 6.23. The van der Waals surface area contributed by atoms with Crippen molar-refractivity contribution in [1.29, 1.82) is 0 Å². The summed E-state index contributed by atoms with van der Waals surface area (Å²) in [7, 11) is 0. The van der Waals surface area contributed by atoms with Crippen LogP contribution in [0.25, 0.3) is 0 Å². The molecule has 2 aromatic rings. The van der Waals surface area contributed by atoms with Gasteiger partial charge in [0.1, 0.15) is 11.8 Å². The molecule has 5 heteroatoms. The van der Waals surface area contributed by atoms with Crippen LogP contribution in [0.3, 0.4) is 0 Å². The predicted molar refractivity (Wildman–Crippen MR) is 105 cm³/mol. The van der Waals surface area contributed by atoms with Crippen LogP contribution >= 0.6 is 0 Å². The van der Waals surface area contributed by atoms with Gasteiger partial charge in [-0.15, -0.1) is 0 Å². The van der Waals surface area contributed by atoms with E-state index < -0.39 is 6.04 Å². The van der Waals surface area contributed by atoms with Crippen LogP contribution in [-0.4, -0.2) is 24.5 Å². The summed E-state index contributed by atoms with van der Waals surface area (Å²) in [6, 6.07) is 12.8. The second-order valence-electron chi connectivity index (χ2n) is 7.15. The Balaban J connectivity index is 1.47. The number of fused-ring (bicyclic) bond motifs is 1. The first-order valence-corrected chi connectivity index (χ1v) is 9.63. The van der Waals surface area contributed by atoms with Crippen molar-refractivity contribution in [2.45, 2.75) is 45.1 Å². The number of benzene rings is 2. The number of ether oxygens (including phenoxy) is 1. The van der Waals surface area contributed by atoms with Gasteiger partial charge < -0.3 is 10.1 Å². The number of hydrogen-bond acceptors (Lipinski definition) is 4. The number of anilines is 2. The van der Waals surface area contributed by atoms with Crippen molar-refractivity contribution in [2.75, 3.05) is 16.8 Å². The van der Waals surface area contributed by atoms with E-state index in [0.717, 1.165) is 30.7 Å². The summed E-state index contributed by atoms with van der Waals surface area (Å²) in [5.41, 5.74) is 4.23. The van der Waals surface area contributed by atoms with Crippen LogP contribution in [0, 0.1) is 0 Å². The molecule has 27 heavy (non-hydrogen) atoms. The lowest BCUT2D eigenvalue weighted by molar-refractivity contribution is -0.121. The third-order valence-corrected chi connectivity index (χ3v) is 5.15. The van der Waals surface area contributed by atoms with Gasteiger partial charge in [-0.25, -0.2) is 4.90 Å². The average molecular weight is 364 g/mol. The maximum absolute atomic E-state index is 12.8. The molecule has 2 aliphatic rings. The van der Waals surface area contributed by atoms with Crippen LogP contribution in [0.5, 0.6) is 5.75 Å². The fourth-order valence-electron chi connectivity index (χ4n) is 3.79. The standard InChI is InChI=1S/C22H24N2O3/c1-2-12-27-19-10-8-18(9-11-19)24-21(25)14-20(22(24)26)23-17-7-6-15-4-3-5-16(15)13-17/h6-11,13,20,23H,2-5,12,14H2,1H3. The number of aryl methyl sites for hydroxylation is 2. The third-order valence-electron chi connectivity index (χ3n) is 5.15. The Bertz CT molecular complexity index is 860. The van der Waals surface area contributed by atoms with Gasteiger partial charge in [-0.1, -0.05) is 13.0 Å². The molecule has 1 fully saturated rings. The lowest BCUT2D eigenvalue weighted by Gasteiger charge is -2.17. The smallest absolute Gasteiger partial charge is 0.256 e. The molecule has 2 amide bonds. The highest BCUT2D eigenvalue weighted by atomic mass is 16.5. The van der Waals surface area contributed by atoms with E-state index in [2.05, 4.69) is 17.4 Å². The van der Waals surface area contributed by atoms with E-state index in [4.69, 9.17) is 4.74 Å². The maximum Gasteiger partial charge on any atom is 0.256 e. The van der Waals surface area contributed by atoms with E-state index in [1.807, 2.05) is 13.0 Å². The van der Waals surface area contributed by atoms with Crippen molar-refractivity contribution >= 4 is 23.2 Å². The summed E-state index contributed by atoms with van der Waals surface area (Å²) in [6.45, 7) is 2.69. The van der Waals surface area contributed by atoms with E-state index in [-0.39, 0.29) is 18.2 Å². The summed E-state index contributed by atoms with van der Waals surface area (Å²) in [4.78, 5) is 26.6. The minimum Gasteiger partial charge on any atom is -0.494 e. The van der Waals surface area contributed by atoms with Gasteiger partial charge in [-0.2, -0.15) is 0 Å². The molecule has 0 bridgehead atoms. The molecular formula is C22H24N2O3. The summed E-state index contributed by atoms with van der Waals surface area (Å²) < 4.78 is 5.56. The monoisotopic (exact) mass is 364 g/mol. The van der Waals surface area contributed by atoms with E-state index >= 15 is 0 Å². The van der Waals surface area contributed by atoms with Gasteiger partial charge in [0.15, 0.2) is 0 Å². The third kappa shape index (κ3) is 3.54. The Morgan fingerprint density at radius 3 is 2.63 bits per heavy atom. The molecule has 1 saturated heterocycles. The molecule has 0 spiro atoms. The predicted octanol–water partition coefficient (Wildman–Crippen LogP) is 3.71. The number of rotatable bonds is 6. The van der Waals surface area contributed by atoms with Crippen molar-refractivity contribution in [3.05, 3.63) is 53.6 Å². The number of hydrogen-bond donors (Lipinski definition) is 1. The highest BCUT2D eigenvalue weighted by Gasteiger charge is 2.39. The molecule has 1 atom stereocenters. The van der Waals surface area contributed by atoms with Gasteiger partial charge in [0, 0.05) is 5.69 Å². The lowest BCUT2D eigenvalue weighted by atomic mass is 10.1. The summed E-state index contributed by atoms with van der Waals surface area (Å²) in [6.07, 6.45) is 4.50. The molecule has 0 radical (unpaired) electrons. The van der Waals surface area contributed by atoms with Crippen molar-refractivity contribution < 1.29 is 14.3 Å². The molecule has 0 aromatic heterocycles. The van der Waals surface area contributed by atoms with Crippen LogP contribution in [0.1, 0.15) is 37.3 Å². The average Bonchev–Trinajstić information content (AvgIpc) is 3.25. The Morgan fingerprint density at radius 2 is 1.85 bits per heavy atom. The summed E-state index contributed by atoms with van der Waals surface area (Å²) in [5.74, 6) is 0.358. The van der Waals surface area contributed by atoms with Gasteiger partial charge >= 0.3 is 0 Å². The fraction of sp³-hybridized carbons (Fsp3) is 0.364. The second-order valence-corrected chi connectivity index (χ2v) is 7.15. The van der Waals surface area contributed by atoms with Gasteiger partial charge in [0.2, 0.25) is 5.91 Å². The molecule has 0 saturated carbocycles. The fourth-order valence-corrected chi connectivity index (χ4v) is 3.79. The first-order valence-electron chi connectivity index (χ1n) is 9.63. The van der Waals surface area contributed by atoms with Crippen LogP contribution in [-0.2, 0) is 22.4 Å². The topological polar surface area (TPSA) is 58.6 Å². The van der Waals surface area contributed by atoms with Crippen molar-refractivity contribution in [3.8, 4) is 5.75 Å². The van der Waals surface area contributed by atoms with Crippen LogP contribution in [0.4, 0.5) is 11.4 Å². The number of nitrogens with zero attached hydrogens (tertiary/aromatic N) is 1. The molecule has 5 nitrogen and oxygen atoms in total. The Morgan fingerprint density at radius 1 is 1.07 bits per heavy atom. The largest absolute Gasteiger partial charge is 0.494 e. The second kappa shape index (κ2) is 7.43. The van der Waals surface area contributed by atoms with E-state index in [9.17, 15) is 9.59 Å². The summed E-state index contributed by atoms with van der Waals surface area (Å²) in [5, 5.41) is 3.25. The Hall–Kier alpha value is -2.82. The molecule has 1 aliphatic heterocycles. The molecule has 4 rings (SSSR count). The van der Waals surface area contributed by atoms with Gasteiger partial charge in [0.05, 0.1) is 18.7 Å². The van der Waals surface area contributed by atoms with E-state index in [1.54, 1.807) is 24.3 Å². The van der Waals surface area contributed by atoms with Crippen LogP contribution in [0.15, 0.2) is 42.5 Å². The van der Waals surface area contributed by atoms with E-state index in [0.29, 0.717) is 12.3 Å². The van der Waals surface area contributed by atoms with Gasteiger partial charge in [-0.3, -0.25) is 9.59 Å². The molecular weight excluding hydrogens is 340 g/mol. The maximum atomic E-state index is 12.8. The molecule has 1 N–H and O–H groups in total. The normalized spacial score (nSPS) is 18.7. The minimum absolute atomic E-state index is 0.171. The van der Waals surface area contributed by atoms with E-state index in [1.165, 1.54) is 22.4 Å². The number of imide groups is 1. The first-order chi connectivity index (χ1) is 13.2. The molecule has 1 aliphatic carbocycles. The SMILES string of the molecule is CCCOc1ccc(N2C(=O)CC(Nc3ccc4c(c3)CCC4)C2=O)cc1. The highest BCUT2D eigenvalue weighted by Crippen LogP contribution is 2.29. The molecule has 2 aromatic carbocycles. The van der Waals surface area contributed by atoms with Gasteiger partial charge in [0.25, 0.3) is 5.91 Å². The van der Waals surface area contributed by atoms with Crippen LogP contribution in [0.2, 0.25) is 0 Å². The number of carbonyl (C=O) groups excluding carboxylic acids is 2. The molecule has 140 valence electrons. The van der Waals surface area contributed by atoms with Crippen molar-refractivity contribution in [2.24, 2.45) is 0 Å². The number of carbonyl (C=O) groups is 2. The quantitative estimate of drug-likeness (QED) is 0.794.